The lowest BCUT2D eigenvalue weighted by Crippen LogP contribution is -2.26. The van der Waals surface area contributed by atoms with Crippen molar-refractivity contribution in [3.63, 3.8) is 0 Å². The molecule has 1 heterocycles. The van der Waals surface area contributed by atoms with E-state index in [1.54, 1.807) is 6.07 Å². The number of carboxylic acid groups (broad SMARTS) is 1. The van der Waals surface area contributed by atoms with Crippen LogP contribution in [0.1, 0.15) is 14.5 Å². The Balaban J connectivity index is 2.46. The number of nitrogens with zero attached hydrogens (tertiary/aromatic N) is 1. The maximum Gasteiger partial charge on any atom is 0.345 e. The highest BCUT2D eigenvalue weighted by Gasteiger charge is 2.08. The van der Waals surface area contributed by atoms with Gasteiger partial charge in [-0.2, -0.15) is 0 Å². The van der Waals surface area contributed by atoms with Gasteiger partial charge in [0.2, 0.25) is 0 Å². The average molecular weight is 228 g/mol. The molecule has 0 aromatic carbocycles. The summed E-state index contributed by atoms with van der Waals surface area (Å²) in [6, 6.07) is 3.54. The van der Waals surface area contributed by atoms with E-state index >= 15 is 0 Å². The molecule has 15 heavy (non-hydrogen) atoms. The number of carboxylic acids is 1. The Hall–Kier alpha value is -0.910. The monoisotopic (exact) mass is 228 g/mol. The Kier molecular flexibility index (Phi) is 4.74. The lowest BCUT2D eigenvalue weighted by Gasteiger charge is -2.14. The van der Waals surface area contributed by atoms with Crippen LogP contribution in [-0.4, -0.2) is 43.2 Å². The second kappa shape index (κ2) is 5.85. The maximum atomic E-state index is 10.7. The van der Waals surface area contributed by atoms with E-state index in [0.29, 0.717) is 4.88 Å². The van der Waals surface area contributed by atoms with Gasteiger partial charge < -0.3 is 15.3 Å². The molecule has 0 aliphatic carbocycles. The van der Waals surface area contributed by atoms with Gasteiger partial charge in [-0.25, -0.2) is 4.79 Å². The molecule has 4 nitrogen and oxygen atoms in total. The molecule has 0 fully saturated rings. The fourth-order valence-electron chi connectivity index (χ4n) is 1.23. The van der Waals surface area contributed by atoms with Crippen molar-refractivity contribution < 1.29 is 9.90 Å². The van der Waals surface area contributed by atoms with E-state index in [4.69, 9.17) is 5.11 Å². The molecule has 1 aromatic rings. The van der Waals surface area contributed by atoms with Crippen LogP contribution in [-0.2, 0) is 6.54 Å². The largest absolute Gasteiger partial charge is 0.477 e. The second-order valence-electron chi connectivity index (χ2n) is 3.41. The van der Waals surface area contributed by atoms with Gasteiger partial charge in [0.15, 0.2) is 0 Å². The van der Waals surface area contributed by atoms with Crippen LogP contribution in [0.5, 0.6) is 0 Å². The Morgan fingerprint density at radius 3 is 2.87 bits per heavy atom. The van der Waals surface area contributed by atoms with Crippen molar-refractivity contribution in [2.24, 2.45) is 0 Å². The van der Waals surface area contributed by atoms with Crippen molar-refractivity contribution in [1.82, 2.24) is 10.2 Å². The second-order valence-corrected chi connectivity index (χ2v) is 4.58. The Morgan fingerprint density at radius 2 is 2.33 bits per heavy atom. The highest BCUT2D eigenvalue weighted by Crippen LogP contribution is 2.17. The van der Waals surface area contributed by atoms with Crippen LogP contribution in [0.25, 0.3) is 0 Å². The normalized spacial score (nSPS) is 10.9. The van der Waals surface area contributed by atoms with E-state index in [2.05, 4.69) is 10.2 Å². The molecule has 1 rings (SSSR count). The zero-order valence-electron chi connectivity index (χ0n) is 8.99. The molecule has 0 unspecified atom stereocenters. The first-order valence-electron chi connectivity index (χ1n) is 4.78. The van der Waals surface area contributed by atoms with Gasteiger partial charge in [-0.05, 0) is 26.2 Å². The van der Waals surface area contributed by atoms with Crippen LogP contribution < -0.4 is 5.32 Å². The van der Waals surface area contributed by atoms with E-state index < -0.39 is 5.97 Å². The molecular formula is C10H16N2O2S. The van der Waals surface area contributed by atoms with Crippen LogP contribution in [0.15, 0.2) is 12.1 Å². The van der Waals surface area contributed by atoms with Crippen LogP contribution >= 0.6 is 11.3 Å². The van der Waals surface area contributed by atoms with E-state index in [9.17, 15) is 4.79 Å². The molecule has 0 aliphatic rings. The number of hydrogen-bond donors (Lipinski definition) is 2. The summed E-state index contributed by atoms with van der Waals surface area (Å²) in [6.45, 7) is 2.70. The van der Waals surface area contributed by atoms with Crippen molar-refractivity contribution >= 4 is 17.3 Å². The topological polar surface area (TPSA) is 52.6 Å². The van der Waals surface area contributed by atoms with Gasteiger partial charge in [-0.3, -0.25) is 0 Å². The minimum atomic E-state index is -0.843. The lowest BCUT2D eigenvalue weighted by molar-refractivity contribution is 0.0702. The first-order chi connectivity index (χ1) is 7.13. The number of thiophene rings is 1. The Labute approximate surface area is 93.5 Å². The number of nitrogens with one attached hydrogen (secondary N) is 1. The van der Waals surface area contributed by atoms with E-state index in [0.717, 1.165) is 24.5 Å². The number of rotatable bonds is 6. The van der Waals surface area contributed by atoms with Crippen LogP contribution in [0.2, 0.25) is 0 Å². The van der Waals surface area contributed by atoms with Gasteiger partial charge in [0.1, 0.15) is 4.88 Å². The molecule has 0 bridgehead atoms. The number of carbonyl (C=O) groups is 1. The summed E-state index contributed by atoms with van der Waals surface area (Å²) in [5.74, 6) is -0.843. The molecule has 0 spiro atoms. The van der Waals surface area contributed by atoms with Gasteiger partial charge >= 0.3 is 5.97 Å². The molecule has 2 N–H and O–H groups in total. The third kappa shape index (κ3) is 3.99. The maximum absolute atomic E-state index is 10.7. The molecule has 1 aromatic heterocycles. The zero-order chi connectivity index (χ0) is 11.3. The number of hydrogen-bond acceptors (Lipinski definition) is 4. The molecule has 0 saturated heterocycles. The standard InChI is InChI=1S/C10H16N2O2S/c1-11-5-6-12(2)7-8-3-4-9(15-8)10(13)14/h3-4,11H,5-7H2,1-2H3,(H,13,14). The van der Waals surface area contributed by atoms with E-state index in [1.165, 1.54) is 11.3 Å². The van der Waals surface area contributed by atoms with Gasteiger partial charge in [-0.15, -0.1) is 11.3 Å². The zero-order valence-corrected chi connectivity index (χ0v) is 9.80. The molecule has 0 saturated carbocycles. The fourth-order valence-corrected chi connectivity index (χ4v) is 2.15. The first-order valence-corrected chi connectivity index (χ1v) is 5.60. The summed E-state index contributed by atoms with van der Waals surface area (Å²) in [6.07, 6.45) is 0. The van der Waals surface area contributed by atoms with Gasteiger partial charge in [0, 0.05) is 24.5 Å². The summed E-state index contributed by atoms with van der Waals surface area (Å²) in [5, 5.41) is 11.8. The highest BCUT2D eigenvalue weighted by molar-refractivity contribution is 7.13. The first kappa shape index (κ1) is 12.2. The average Bonchev–Trinajstić information content (AvgIpc) is 2.63. The summed E-state index contributed by atoms with van der Waals surface area (Å²) in [4.78, 5) is 14.3. The molecule has 5 heteroatoms. The SMILES string of the molecule is CNCCN(C)Cc1ccc(C(=O)O)s1. The number of aromatic carboxylic acids is 1. The van der Waals surface area contributed by atoms with E-state index in [-0.39, 0.29) is 0 Å². The van der Waals surface area contributed by atoms with Gasteiger partial charge in [0.25, 0.3) is 0 Å². The van der Waals surface area contributed by atoms with Crippen molar-refractivity contribution in [3.05, 3.63) is 21.9 Å². The van der Waals surface area contributed by atoms with Crippen molar-refractivity contribution in [2.75, 3.05) is 27.2 Å². The third-order valence-corrected chi connectivity index (χ3v) is 3.10. The molecule has 0 radical (unpaired) electrons. The van der Waals surface area contributed by atoms with Gasteiger partial charge in [0.05, 0.1) is 0 Å². The quantitative estimate of drug-likeness (QED) is 0.765. The van der Waals surface area contributed by atoms with Gasteiger partial charge in [-0.1, -0.05) is 0 Å². The van der Waals surface area contributed by atoms with Crippen LogP contribution in [0.3, 0.4) is 0 Å². The molecular weight excluding hydrogens is 212 g/mol. The predicted octanol–water partition coefficient (Wildman–Crippen LogP) is 1.10. The smallest absolute Gasteiger partial charge is 0.345 e. The summed E-state index contributed by atoms with van der Waals surface area (Å²) in [7, 11) is 3.94. The summed E-state index contributed by atoms with van der Waals surface area (Å²) >= 11 is 1.34. The Morgan fingerprint density at radius 1 is 1.60 bits per heavy atom. The molecule has 0 atom stereocenters. The van der Waals surface area contributed by atoms with E-state index in [1.807, 2.05) is 20.2 Å². The summed E-state index contributed by atoms with van der Waals surface area (Å²) < 4.78 is 0. The molecule has 84 valence electrons. The number of likely N-dealkylation sites (N-methyl/N-ethyl adjacent to an activating group) is 2. The Bertz CT molecular complexity index is 325. The molecule has 0 aliphatic heterocycles. The minimum absolute atomic E-state index is 0.409. The fraction of sp³-hybridized carbons (Fsp3) is 0.500. The van der Waals surface area contributed by atoms with Crippen molar-refractivity contribution in [1.29, 1.82) is 0 Å². The highest BCUT2D eigenvalue weighted by atomic mass is 32.1. The lowest BCUT2D eigenvalue weighted by atomic mass is 10.4. The summed E-state index contributed by atoms with van der Waals surface area (Å²) in [5.41, 5.74) is 0. The van der Waals surface area contributed by atoms with Crippen molar-refractivity contribution in [3.8, 4) is 0 Å². The van der Waals surface area contributed by atoms with Crippen LogP contribution in [0.4, 0.5) is 0 Å². The van der Waals surface area contributed by atoms with Crippen LogP contribution in [0, 0.1) is 0 Å². The third-order valence-electron chi connectivity index (χ3n) is 2.04. The predicted molar refractivity (Wildman–Crippen MR) is 61.5 cm³/mol. The van der Waals surface area contributed by atoms with Crippen molar-refractivity contribution in [2.45, 2.75) is 6.54 Å². The molecule has 0 amide bonds. The minimum Gasteiger partial charge on any atom is -0.477 e.